The predicted octanol–water partition coefficient (Wildman–Crippen LogP) is -0.123. The number of ether oxygens (including phenoxy) is 1. The maximum atomic E-state index is 11.5. The highest BCUT2D eigenvalue weighted by Gasteiger charge is 2.23. The van der Waals surface area contributed by atoms with Gasteiger partial charge < -0.3 is 10.1 Å². The number of esters is 1. The lowest BCUT2D eigenvalue weighted by Crippen LogP contribution is -2.44. The molecule has 0 aliphatic rings. The van der Waals surface area contributed by atoms with Crippen molar-refractivity contribution < 1.29 is 22.7 Å². The van der Waals surface area contributed by atoms with Crippen LogP contribution in [0.5, 0.6) is 0 Å². The van der Waals surface area contributed by atoms with E-state index in [1.165, 1.54) is 6.92 Å². The largest absolute Gasteiger partial charge is 0.458 e. The molecule has 0 heterocycles. The normalized spacial score (nSPS) is 13.9. The van der Waals surface area contributed by atoms with Crippen molar-refractivity contribution in [3.05, 3.63) is 0 Å². The minimum atomic E-state index is -3.39. The van der Waals surface area contributed by atoms with E-state index in [2.05, 4.69) is 5.32 Å². The molecule has 0 aromatic heterocycles. The molecule has 1 amide bonds. The van der Waals surface area contributed by atoms with Gasteiger partial charge in [0.15, 0.2) is 9.84 Å². The number of carbonyl (C=O) groups is 2. The van der Waals surface area contributed by atoms with E-state index >= 15 is 0 Å². The van der Waals surface area contributed by atoms with Crippen LogP contribution in [0.25, 0.3) is 0 Å². The number of carbonyl (C=O) groups excluding carboxylic acids is 2. The van der Waals surface area contributed by atoms with Crippen LogP contribution in [0.4, 0.5) is 0 Å². The van der Waals surface area contributed by atoms with Crippen molar-refractivity contribution in [1.82, 2.24) is 5.32 Å². The van der Waals surface area contributed by atoms with Crippen LogP contribution in [0.3, 0.4) is 0 Å². The van der Waals surface area contributed by atoms with Gasteiger partial charge in [-0.15, -0.1) is 0 Å². The average Bonchev–Trinajstić information content (AvgIpc) is 1.95. The molecule has 0 aromatic carbocycles. The molecule has 0 bridgehead atoms. The third-order valence-electron chi connectivity index (χ3n) is 1.53. The second-order valence-electron chi connectivity index (χ2n) is 4.89. The van der Waals surface area contributed by atoms with Gasteiger partial charge in [-0.05, 0) is 27.7 Å². The van der Waals surface area contributed by atoms with Gasteiger partial charge in [-0.2, -0.15) is 0 Å². The first-order chi connectivity index (χ1) is 7.41. The Balaban J connectivity index is 4.31. The fourth-order valence-corrected chi connectivity index (χ4v) is 1.53. The number of nitrogens with one attached hydrogen (secondary N) is 1. The Morgan fingerprint density at radius 3 is 2.12 bits per heavy atom. The molecule has 1 atom stereocenters. The monoisotopic (exact) mass is 265 g/mol. The van der Waals surface area contributed by atoms with Crippen molar-refractivity contribution in [2.24, 2.45) is 0 Å². The molecule has 0 fully saturated rings. The van der Waals surface area contributed by atoms with Crippen LogP contribution in [-0.2, 0) is 24.2 Å². The standard InChI is InChI=1S/C10H19NO5S/c1-7(9(13)16-10(2,3)4)11-8(12)6-17(5,14)15/h7H,6H2,1-5H3,(H,11,12)/t7-/m0/s1. The summed E-state index contributed by atoms with van der Waals surface area (Å²) in [7, 11) is -3.39. The second-order valence-corrected chi connectivity index (χ2v) is 7.03. The fourth-order valence-electron chi connectivity index (χ4n) is 0.970. The Morgan fingerprint density at radius 2 is 1.76 bits per heavy atom. The van der Waals surface area contributed by atoms with Gasteiger partial charge in [0.05, 0.1) is 0 Å². The topological polar surface area (TPSA) is 89.5 Å². The average molecular weight is 265 g/mol. The van der Waals surface area contributed by atoms with Gasteiger partial charge in [0.1, 0.15) is 17.4 Å². The highest BCUT2D eigenvalue weighted by atomic mass is 32.2. The fraction of sp³-hybridized carbons (Fsp3) is 0.800. The number of rotatable bonds is 4. The van der Waals surface area contributed by atoms with Crippen LogP contribution >= 0.6 is 0 Å². The summed E-state index contributed by atoms with van der Waals surface area (Å²) in [6.07, 6.45) is 0.949. The van der Waals surface area contributed by atoms with Crippen LogP contribution in [0.2, 0.25) is 0 Å². The predicted molar refractivity (Wildman–Crippen MR) is 63.2 cm³/mol. The van der Waals surface area contributed by atoms with Crippen LogP contribution < -0.4 is 5.32 Å². The number of hydrogen-bond donors (Lipinski definition) is 1. The Morgan fingerprint density at radius 1 is 1.29 bits per heavy atom. The van der Waals surface area contributed by atoms with Gasteiger partial charge in [0, 0.05) is 6.26 Å². The summed E-state index contributed by atoms with van der Waals surface area (Å²) in [4.78, 5) is 22.7. The maximum absolute atomic E-state index is 11.5. The number of hydrogen-bond acceptors (Lipinski definition) is 5. The molecule has 6 nitrogen and oxygen atoms in total. The SMILES string of the molecule is C[C@H](NC(=O)CS(C)(=O)=O)C(=O)OC(C)(C)C. The smallest absolute Gasteiger partial charge is 0.328 e. The van der Waals surface area contributed by atoms with Crippen molar-refractivity contribution in [1.29, 1.82) is 0 Å². The Kier molecular flexibility index (Phi) is 5.12. The lowest BCUT2D eigenvalue weighted by atomic mass is 10.2. The molecule has 0 spiro atoms. The van der Waals surface area contributed by atoms with Gasteiger partial charge >= 0.3 is 5.97 Å². The van der Waals surface area contributed by atoms with Crippen LogP contribution in [0.1, 0.15) is 27.7 Å². The first kappa shape index (κ1) is 15.9. The third kappa shape index (κ3) is 8.67. The zero-order valence-electron chi connectivity index (χ0n) is 10.7. The summed E-state index contributed by atoms with van der Waals surface area (Å²) < 4.78 is 26.7. The minimum absolute atomic E-state index is 0.598. The van der Waals surface area contributed by atoms with Gasteiger partial charge in [-0.3, -0.25) is 4.79 Å². The first-order valence-corrected chi connectivity index (χ1v) is 7.17. The van der Waals surface area contributed by atoms with E-state index in [0.29, 0.717) is 0 Å². The third-order valence-corrected chi connectivity index (χ3v) is 2.32. The second kappa shape index (κ2) is 5.48. The van der Waals surface area contributed by atoms with Gasteiger partial charge in [-0.25, -0.2) is 13.2 Å². The summed E-state index contributed by atoms with van der Waals surface area (Å²) in [5.74, 6) is -1.95. The summed E-state index contributed by atoms with van der Waals surface area (Å²) in [6.45, 7) is 6.55. The molecule has 100 valence electrons. The highest BCUT2D eigenvalue weighted by Crippen LogP contribution is 2.08. The van der Waals surface area contributed by atoms with E-state index in [9.17, 15) is 18.0 Å². The van der Waals surface area contributed by atoms with Crippen molar-refractivity contribution in [2.45, 2.75) is 39.3 Å². The van der Waals surface area contributed by atoms with E-state index in [1.54, 1.807) is 20.8 Å². The molecule has 0 radical (unpaired) electrons. The Labute approximate surface area is 102 Å². The van der Waals surface area contributed by atoms with Crippen molar-refractivity contribution in [3.63, 3.8) is 0 Å². The molecule has 0 saturated carbocycles. The lowest BCUT2D eigenvalue weighted by molar-refractivity contribution is -0.157. The molecule has 0 rings (SSSR count). The van der Waals surface area contributed by atoms with E-state index in [1.807, 2.05) is 0 Å². The lowest BCUT2D eigenvalue weighted by Gasteiger charge is -2.22. The Hall–Kier alpha value is -1.11. The zero-order chi connectivity index (χ0) is 13.9. The van der Waals surface area contributed by atoms with E-state index in [-0.39, 0.29) is 0 Å². The van der Waals surface area contributed by atoms with Crippen molar-refractivity contribution >= 4 is 21.7 Å². The summed E-state index contributed by atoms with van der Waals surface area (Å²) in [5.41, 5.74) is -0.646. The van der Waals surface area contributed by atoms with E-state index in [4.69, 9.17) is 4.74 Å². The zero-order valence-corrected chi connectivity index (χ0v) is 11.6. The molecule has 0 aromatic rings. The molecular formula is C10H19NO5S. The van der Waals surface area contributed by atoms with E-state index < -0.39 is 39.1 Å². The summed E-state index contributed by atoms with van der Waals surface area (Å²) in [6, 6.07) is -0.872. The van der Waals surface area contributed by atoms with E-state index in [0.717, 1.165) is 6.26 Å². The first-order valence-electron chi connectivity index (χ1n) is 5.11. The van der Waals surface area contributed by atoms with Crippen LogP contribution in [0, 0.1) is 0 Å². The molecule has 0 aliphatic carbocycles. The minimum Gasteiger partial charge on any atom is -0.458 e. The molecule has 0 aliphatic heterocycles. The van der Waals surface area contributed by atoms with Crippen molar-refractivity contribution in [3.8, 4) is 0 Å². The van der Waals surface area contributed by atoms with Crippen molar-refractivity contribution in [2.75, 3.05) is 12.0 Å². The maximum Gasteiger partial charge on any atom is 0.328 e. The molecular weight excluding hydrogens is 246 g/mol. The molecule has 7 heteroatoms. The van der Waals surface area contributed by atoms with Gasteiger partial charge in [-0.1, -0.05) is 0 Å². The highest BCUT2D eigenvalue weighted by molar-refractivity contribution is 7.91. The van der Waals surface area contributed by atoms with Gasteiger partial charge in [0.25, 0.3) is 0 Å². The molecule has 1 N–H and O–H groups in total. The van der Waals surface area contributed by atoms with Crippen LogP contribution in [0.15, 0.2) is 0 Å². The summed E-state index contributed by atoms with van der Waals surface area (Å²) in [5, 5.41) is 2.27. The van der Waals surface area contributed by atoms with Crippen LogP contribution in [-0.4, -0.2) is 43.9 Å². The summed E-state index contributed by atoms with van der Waals surface area (Å²) >= 11 is 0. The number of amides is 1. The Bertz CT molecular complexity index is 393. The molecule has 17 heavy (non-hydrogen) atoms. The molecule has 0 saturated heterocycles. The quantitative estimate of drug-likeness (QED) is 0.716. The molecule has 0 unspecified atom stereocenters. The number of sulfone groups is 1. The van der Waals surface area contributed by atoms with Gasteiger partial charge in [0.2, 0.25) is 5.91 Å².